The number of hydrogen-bond donors (Lipinski definition) is 1. The van der Waals surface area contributed by atoms with Gasteiger partial charge in [0.05, 0.1) is 17.4 Å². The summed E-state index contributed by atoms with van der Waals surface area (Å²) in [6, 6.07) is 32.9. The monoisotopic (exact) mass is 512 g/mol. The first kappa shape index (κ1) is 26.7. The number of anilines is 1. The molecule has 0 aliphatic carbocycles. The van der Waals surface area contributed by atoms with Crippen molar-refractivity contribution in [2.75, 3.05) is 5.32 Å². The van der Waals surface area contributed by atoms with Gasteiger partial charge < -0.3 is 5.32 Å². The van der Waals surface area contributed by atoms with E-state index in [9.17, 15) is 0 Å². The first-order valence-corrected chi connectivity index (χ1v) is 14.4. The molecule has 0 radical (unpaired) electrons. The summed E-state index contributed by atoms with van der Waals surface area (Å²) >= 11 is 0. The predicted molar refractivity (Wildman–Crippen MR) is 168 cm³/mol. The van der Waals surface area contributed by atoms with E-state index in [2.05, 4.69) is 131 Å². The standard InChI is InChI=1S/C37H40N2/c1-6-13-29-17-10-18-30(14-7-2)36(29)39-37(35-26(4)23-25(3)24-27(35)5)34-22-12-21-33(38-34)32-20-11-16-28-15-8-9-19-31(28)32/h8-12,15-24,37,39H,6-7,13-14H2,1-5H3. The molecule has 5 rings (SSSR count). The van der Waals surface area contributed by atoms with Crippen molar-refractivity contribution < 1.29 is 0 Å². The average molecular weight is 513 g/mol. The molecule has 1 heterocycles. The van der Waals surface area contributed by atoms with E-state index in [1.807, 2.05) is 0 Å². The van der Waals surface area contributed by atoms with Crippen LogP contribution in [0.5, 0.6) is 0 Å². The highest BCUT2D eigenvalue weighted by atomic mass is 15.0. The summed E-state index contributed by atoms with van der Waals surface area (Å²) < 4.78 is 0. The molecule has 39 heavy (non-hydrogen) atoms. The first-order chi connectivity index (χ1) is 19.0. The van der Waals surface area contributed by atoms with Crippen LogP contribution in [-0.4, -0.2) is 4.98 Å². The van der Waals surface area contributed by atoms with Gasteiger partial charge in [-0.05, 0) is 84.3 Å². The van der Waals surface area contributed by atoms with Crippen molar-refractivity contribution in [1.82, 2.24) is 4.98 Å². The van der Waals surface area contributed by atoms with Gasteiger partial charge in [-0.2, -0.15) is 0 Å². The Morgan fingerprint density at radius 1 is 0.692 bits per heavy atom. The van der Waals surface area contributed by atoms with Crippen LogP contribution in [0.2, 0.25) is 0 Å². The first-order valence-electron chi connectivity index (χ1n) is 14.4. The fourth-order valence-corrected chi connectivity index (χ4v) is 6.09. The third kappa shape index (κ3) is 5.61. The molecule has 1 unspecified atom stereocenters. The summed E-state index contributed by atoms with van der Waals surface area (Å²) in [5.41, 5.74) is 12.5. The molecule has 198 valence electrons. The fourth-order valence-electron chi connectivity index (χ4n) is 6.09. The largest absolute Gasteiger partial charge is 0.372 e. The van der Waals surface area contributed by atoms with Gasteiger partial charge in [-0.1, -0.05) is 111 Å². The van der Waals surface area contributed by atoms with Gasteiger partial charge in [0.15, 0.2) is 0 Å². The minimum Gasteiger partial charge on any atom is -0.372 e. The Balaban J connectivity index is 1.69. The van der Waals surface area contributed by atoms with E-state index in [4.69, 9.17) is 4.98 Å². The molecule has 1 aromatic heterocycles. The van der Waals surface area contributed by atoms with Crippen LogP contribution in [0.4, 0.5) is 5.69 Å². The lowest BCUT2D eigenvalue weighted by molar-refractivity contribution is 0.843. The van der Waals surface area contributed by atoms with E-state index in [0.717, 1.165) is 37.1 Å². The quantitative estimate of drug-likeness (QED) is 0.212. The van der Waals surface area contributed by atoms with E-state index in [1.165, 1.54) is 55.4 Å². The average Bonchev–Trinajstić information content (AvgIpc) is 2.93. The number of para-hydroxylation sites is 1. The second-order valence-electron chi connectivity index (χ2n) is 10.8. The molecule has 2 heteroatoms. The van der Waals surface area contributed by atoms with Crippen LogP contribution >= 0.6 is 0 Å². The zero-order valence-corrected chi connectivity index (χ0v) is 24.0. The summed E-state index contributed by atoms with van der Waals surface area (Å²) in [5.74, 6) is 0. The smallest absolute Gasteiger partial charge is 0.0945 e. The molecule has 2 nitrogen and oxygen atoms in total. The van der Waals surface area contributed by atoms with Crippen molar-refractivity contribution in [3.05, 3.63) is 130 Å². The van der Waals surface area contributed by atoms with Gasteiger partial charge in [-0.3, -0.25) is 4.98 Å². The number of benzene rings is 4. The Labute approximate surface area is 234 Å². The van der Waals surface area contributed by atoms with E-state index in [0.29, 0.717) is 0 Å². The van der Waals surface area contributed by atoms with Crippen LogP contribution < -0.4 is 5.32 Å². The predicted octanol–water partition coefficient (Wildman–Crippen LogP) is 9.93. The molecular formula is C37H40N2. The molecule has 0 saturated heterocycles. The molecule has 0 amide bonds. The molecule has 1 N–H and O–H groups in total. The lowest BCUT2D eigenvalue weighted by Gasteiger charge is -2.27. The van der Waals surface area contributed by atoms with Crippen molar-refractivity contribution >= 4 is 16.5 Å². The molecular weight excluding hydrogens is 472 g/mol. The fraction of sp³-hybridized carbons (Fsp3) is 0.270. The SMILES string of the molecule is CCCc1cccc(CCC)c1NC(c1cccc(-c2cccc3ccccc23)n1)c1c(C)cc(C)cc1C. The van der Waals surface area contributed by atoms with Gasteiger partial charge >= 0.3 is 0 Å². The van der Waals surface area contributed by atoms with Crippen molar-refractivity contribution in [3.63, 3.8) is 0 Å². The summed E-state index contributed by atoms with van der Waals surface area (Å²) in [6.07, 6.45) is 4.35. The maximum Gasteiger partial charge on any atom is 0.0945 e. The number of aromatic nitrogens is 1. The van der Waals surface area contributed by atoms with Crippen molar-refractivity contribution in [3.8, 4) is 11.3 Å². The van der Waals surface area contributed by atoms with Crippen LogP contribution in [0.3, 0.4) is 0 Å². The van der Waals surface area contributed by atoms with Crippen LogP contribution in [0.1, 0.15) is 71.8 Å². The Hall–Kier alpha value is -3.91. The molecule has 1 atom stereocenters. The molecule has 0 fully saturated rings. The second-order valence-corrected chi connectivity index (χ2v) is 10.8. The van der Waals surface area contributed by atoms with Gasteiger partial charge in [-0.25, -0.2) is 0 Å². The zero-order chi connectivity index (χ0) is 27.4. The van der Waals surface area contributed by atoms with Crippen molar-refractivity contribution in [2.24, 2.45) is 0 Å². The van der Waals surface area contributed by atoms with E-state index in [1.54, 1.807) is 0 Å². The Morgan fingerprint density at radius 3 is 2.00 bits per heavy atom. The summed E-state index contributed by atoms with van der Waals surface area (Å²) in [5, 5.41) is 6.54. The Morgan fingerprint density at radius 2 is 1.31 bits per heavy atom. The summed E-state index contributed by atoms with van der Waals surface area (Å²) in [4.78, 5) is 5.36. The topological polar surface area (TPSA) is 24.9 Å². The lowest BCUT2D eigenvalue weighted by atomic mass is 9.90. The van der Waals surface area contributed by atoms with Crippen molar-refractivity contribution in [2.45, 2.75) is 66.3 Å². The van der Waals surface area contributed by atoms with E-state index < -0.39 is 0 Å². The Kier molecular flexibility index (Phi) is 8.12. The normalized spacial score (nSPS) is 12.0. The third-order valence-electron chi connectivity index (χ3n) is 7.72. The highest BCUT2D eigenvalue weighted by Gasteiger charge is 2.23. The number of nitrogens with one attached hydrogen (secondary N) is 1. The molecule has 0 saturated carbocycles. The maximum absolute atomic E-state index is 5.36. The zero-order valence-electron chi connectivity index (χ0n) is 24.0. The van der Waals surface area contributed by atoms with Gasteiger partial charge in [0.2, 0.25) is 0 Å². The van der Waals surface area contributed by atoms with Gasteiger partial charge in [0.1, 0.15) is 0 Å². The number of aryl methyl sites for hydroxylation is 5. The summed E-state index contributed by atoms with van der Waals surface area (Å²) in [7, 11) is 0. The molecule has 4 aromatic carbocycles. The minimum atomic E-state index is -0.0610. The molecule has 0 spiro atoms. The molecule has 0 bridgehead atoms. The second kappa shape index (κ2) is 11.9. The number of fused-ring (bicyclic) bond motifs is 1. The van der Waals surface area contributed by atoms with Gasteiger partial charge in [-0.15, -0.1) is 0 Å². The van der Waals surface area contributed by atoms with Gasteiger partial charge in [0.25, 0.3) is 0 Å². The Bertz CT molecular complexity index is 1540. The van der Waals surface area contributed by atoms with Crippen LogP contribution in [-0.2, 0) is 12.8 Å². The highest BCUT2D eigenvalue weighted by Crippen LogP contribution is 2.36. The van der Waals surface area contributed by atoms with Crippen molar-refractivity contribution in [1.29, 1.82) is 0 Å². The minimum absolute atomic E-state index is 0.0610. The number of pyridine rings is 1. The van der Waals surface area contributed by atoms with E-state index in [-0.39, 0.29) is 6.04 Å². The van der Waals surface area contributed by atoms with Crippen LogP contribution in [0, 0.1) is 20.8 Å². The third-order valence-corrected chi connectivity index (χ3v) is 7.72. The van der Waals surface area contributed by atoms with Crippen LogP contribution in [0.25, 0.3) is 22.0 Å². The maximum atomic E-state index is 5.36. The van der Waals surface area contributed by atoms with Crippen LogP contribution in [0.15, 0.2) is 91.0 Å². The van der Waals surface area contributed by atoms with E-state index >= 15 is 0 Å². The number of hydrogen-bond acceptors (Lipinski definition) is 2. The molecule has 0 aliphatic heterocycles. The number of rotatable bonds is 9. The molecule has 5 aromatic rings. The molecule has 0 aliphatic rings. The summed E-state index contributed by atoms with van der Waals surface area (Å²) in [6.45, 7) is 11.2. The van der Waals surface area contributed by atoms with Gasteiger partial charge in [0, 0.05) is 11.3 Å². The highest BCUT2D eigenvalue weighted by molar-refractivity contribution is 5.95. The lowest BCUT2D eigenvalue weighted by Crippen LogP contribution is -2.19. The number of nitrogens with zero attached hydrogens (tertiary/aromatic N) is 1.